The van der Waals surface area contributed by atoms with E-state index in [1.165, 1.54) is 12.8 Å². The molecule has 1 aromatic rings. The van der Waals surface area contributed by atoms with Crippen LogP contribution in [0.15, 0.2) is 6.07 Å². The molecule has 18 heavy (non-hydrogen) atoms. The Morgan fingerprint density at radius 1 is 1.39 bits per heavy atom. The van der Waals surface area contributed by atoms with Crippen molar-refractivity contribution in [2.45, 2.75) is 45.1 Å². The van der Waals surface area contributed by atoms with Crippen molar-refractivity contribution in [1.29, 1.82) is 0 Å². The van der Waals surface area contributed by atoms with Crippen LogP contribution in [-0.4, -0.2) is 34.3 Å². The van der Waals surface area contributed by atoms with Crippen molar-refractivity contribution in [3.63, 3.8) is 0 Å². The quantitative estimate of drug-likeness (QED) is 0.645. The van der Waals surface area contributed by atoms with Crippen molar-refractivity contribution in [3.05, 3.63) is 11.8 Å². The Bertz CT molecular complexity index is 391. The molecule has 0 atom stereocenters. The van der Waals surface area contributed by atoms with Crippen LogP contribution in [0.2, 0.25) is 0 Å². The third-order valence-electron chi connectivity index (χ3n) is 2.80. The van der Waals surface area contributed by atoms with Crippen LogP contribution in [-0.2, 0) is 0 Å². The third kappa shape index (κ3) is 3.84. The second-order valence-electron chi connectivity index (χ2n) is 5.08. The Kier molecular flexibility index (Phi) is 4.36. The molecular formula is C13H22N4O. The Labute approximate surface area is 108 Å². The molecule has 0 spiro atoms. The van der Waals surface area contributed by atoms with E-state index in [9.17, 15) is 0 Å². The van der Waals surface area contributed by atoms with Crippen LogP contribution in [0.3, 0.4) is 0 Å². The van der Waals surface area contributed by atoms with Gasteiger partial charge in [-0.05, 0) is 33.1 Å². The molecule has 1 aliphatic rings. The maximum Gasteiger partial charge on any atom is 0.224 e. The zero-order chi connectivity index (χ0) is 13.0. The molecule has 3 N–H and O–H groups in total. The van der Waals surface area contributed by atoms with Crippen molar-refractivity contribution in [2.75, 3.05) is 23.8 Å². The van der Waals surface area contributed by atoms with E-state index >= 15 is 0 Å². The number of nitrogens with one attached hydrogen (secondary N) is 2. The van der Waals surface area contributed by atoms with Crippen molar-refractivity contribution >= 4 is 11.8 Å². The lowest BCUT2D eigenvalue weighted by Gasteiger charge is -2.12. The average molecular weight is 250 g/mol. The Hall–Kier alpha value is -1.36. The lowest BCUT2D eigenvalue weighted by Crippen LogP contribution is -2.14. The van der Waals surface area contributed by atoms with Gasteiger partial charge in [-0.3, -0.25) is 0 Å². The number of hydrogen-bond acceptors (Lipinski definition) is 5. The Morgan fingerprint density at radius 3 is 2.78 bits per heavy atom. The smallest absolute Gasteiger partial charge is 0.224 e. The largest absolute Gasteiger partial charge is 0.396 e. The van der Waals surface area contributed by atoms with Crippen LogP contribution in [0.5, 0.6) is 0 Å². The lowest BCUT2D eigenvalue weighted by molar-refractivity contribution is 0.292. The molecule has 2 rings (SSSR count). The fraction of sp³-hybridized carbons (Fsp3) is 0.692. The minimum atomic E-state index is 0.187. The van der Waals surface area contributed by atoms with Gasteiger partial charge < -0.3 is 15.7 Å². The van der Waals surface area contributed by atoms with Crippen LogP contribution in [0.25, 0.3) is 0 Å². The molecule has 100 valence electrons. The third-order valence-corrected chi connectivity index (χ3v) is 2.80. The van der Waals surface area contributed by atoms with Gasteiger partial charge in [-0.2, -0.15) is 4.98 Å². The standard InChI is InChI=1S/C13H22N4O/c1-9(2)15-12-8-11(10-4-5-10)16-13(17-12)14-6-3-7-18/h8-10,18H,3-7H2,1-2H3,(H2,14,15,16,17). The molecule has 1 aromatic heterocycles. The molecule has 0 bridgehead atoms. The summed E-state index contributed by atoms with van der Waals surface area (Å²) in [4.78, 5) is 8.97. The van der Waals surface area contributed by atoms with E-state index in [1.807, 2.05) is 0 Å². The van der Waals surface area contributed by atoms with E-state index in [2.05, 4.69) is 40.5 Å². The highest BCUT2D eigenvalue weighted by Crippen LogP contribution is 2.39. The van der Waals surface area contributed by atoms with Gasteiger partial charge in [0.2, 0.25) is 5.95 Å². The average Bonchev–Trinajstić information content (AvgIpc) is 3.12. The summed E-state index contributed by atoms with van der Waals surface area (Å²) in [7, 11) is 0. The van der Waals surface area contributed by atoms with Gasteiger partial charge in [-0.1, -0.05) is 0 Å². The Balaban J connectivity index is 2.08. The monoisotopic (exact) mass is 250 g/mol. The molecule has 0 amide bonds. The summed E-state index contributed by atoms with van der Waals surface area (Å²) in [5, 5.41) is 15.3. The molecule has 1 heterocycles. The van der Waals surface area contributed by atoms with Crippen molar-refractivity contribution in [1.82, 2.24) is 9.97 Å². The van der Waals surface area contributed by atoms with E-state index in [4.69, 9.17) is 5.11 Å². The second-order valence-corrected chi connectivity index (χ2v) is 5.08. The highest BCUT2D eigenvalue weighted by Gasteiger charge is 2.26. The van der Waals surface area contributed by atoms with Crippen LogP contribution < -0.4 is 10.6 Å². The lowest BCUT2D eigenvalue weighted by atomic mass is 10.2. The van der Waals surface area contributed by atoms with Gasteiger partial charge in [0.05, 0.1) is 5.69 Å². The maximum atomic E-state index is 8.78. The molecule has 1 saturated carbocycles. The van der Waals surface area contributed by atoms with E-state index in [0.717, 1.165) is 11.5 Å². The maximum absolute atomic E-state index is 8.78. The van der Waals surface area contributed by atoms with E-state index in [1.54, 1.807) is 0 Å². The highest BCUT2D eigenvalue weighted by atomic mass is 16.3. The molecule has 0 aliphatic heterocycles. The molecule has 1 aliphatic carbocycles. The minimum Gasteiger partial charge on any atom is -0.396 e. The van der Waals surface area contributed by atoms with Gasteiger partial charge in [0.25, 0.3) is 0 Å². The summed E-state index contributed by atoms with van der Waals surface area (Å²) in [6, 6.07) is 2.41. The number of anilines is 2. The first-order valence-electron chi connectivity index (χ1n) is 6.69. The van der Waals surface area contributed by atoms with Crippen molar-refractivity contribution in [2.24, 2.45) is 0 Å². The normalized spacial score (nSPS) is 14.9. The van der Waals surface area contributed by atoms with Crippen molar-refractivity contribution < 1.29 is 5.11 Å². The number of aliphatic hydroxyl groups is 1. The summed E-state index contributed by atoms with van der Waals surface area (Å²) >= 11 is 0. The van der Waals surface area contributed by atoms with Gasteiger partial charge in [-0.15, -0.1) is 0 Å². The van der Waals surface area contributed by atoms with E-state index in [-0.39, 0.29) is 6.61 Å². The topological polar surface area (TPSA) is 70.1 Å². The number of hydrogen-bond donors (Lipinski definition) is 3. The van der Waals surface area contributed by atoms with Gasteiger partial charge in [0.15, 0.2) is 0 Å². The summed E-state index contributed by atoms with van der Waals surface area (Å²) in [5.41, 5.74) is 1.12. The molecular weight excluding hydrogens is 228 g/mol. The first kappa shape index (κ1) is 13.1. The molecule has 0 unspecified atom stereocenters. The molecule has 5 heteroatoms. The fourth-order valence-corrected chi connectivity index (χ4v) is 1.78. The molecule has 1 fully saturated rings. The number of aliphatic hydroxyl groups excluding tert-OH is 1. The predicted octanol–water partition coefficient (Wildman–Crippen LogP) is 1.97. The Morgan fingerprint density at radius 2 is 2.17 bits per heavy atom. The molecule has 0 aromatic carbocycles. The highest BCUT2D eigenvalue weighted by molar-refractivity contribution is 5.44. The number of aromatic nitrogens is 2. The van der Waals surface area contributed by atoms with Crippen molar-refractivity contribution in [3.8, 4) is 0 Å². The number of nitrogens with zero attached hydrogens (tertiary/aromatic N) is 2. The summed E-state index contributed by atoms with van der Waals surface area (Å²) in [6.07, 6.45) is 3.17. The zero-order valence-electron chi connectivity index (χ0n) is 11.1. The van der Waals surface area contributed by atoms with Gasteiger partial charge in [-0.25, -0.2) is 4.98 Å². The first-order valence-corrected chi connectivity index (χ1v) is 6.69. The molecule has 0 saturated heterocycles. The van der Waals surface area contributed by atoms with E-state index in [0.29, 0.717) is 30.9 Å². The van der Waals surface area contributed by atoms with Gasteiger partial charge in [0.1, 0.15) is 5.82 Å². The SMILES string of the molecule is CC(C)Nc1cc(C2CC2)nc(NCCCO)n1. The molecule has 0 radical (unpaired) electrons. The molecule has 5 nitrogen and oxygen atoms in total. The number of rotatable bonds is 7. The minimum absolute atomic E-state index is 0.187. The summed E-state index contributed by atoms with van der Waals surface area (Å²) < 4.78 is 0. The predicted molar refractivity (Wildman–Crippen MR) is 73.0 cm³/mol. The van der Waals surface area contributed by atoms with Crippen LogP contribution in [0, 0.1) is 0 Å². The summed E-state index contributed by atoms with van der Waals surface area (Å²) in [6.45, 7) is 5.08. The van der Waals surface area contributed by atoms with Crippen LogP contribution in [0.1, 0.15) is 44.7 Å². The second kappa shape index (κ2) is 6.00. The van der Waals surface area contributed by atoms with Crippen LogP contribution in [0.4, 0.5) is 11.8 Å². The first-order chi connectivity index (χ1) is 8.69. The summed E-state index contributed by atoms with van der Waals surface area (Å²) in [5.74, 6) is 2.16. The van der Waals surface area contributed by atoms with Crippen LogP contribution >= 0.6 is 0 Å². The van der Waals surface area contributed by atoms with Gasteiger partial charge in [0, 0.05) is 31.2 Å². The zero-order valence-corrected chi connectivity index (χ0v) is 11.1. The van der Waals surface area contributed by atoms with E-state index < -0.39 is 0 Å². The fourth-order valence-electron chi connectivity index (χ4n) is 1.78. The van der Waals surface area contributed by atoms with Gasteiger partial charge >= 0.3 is 0 Å².